The molecule has 0 aromatic carbocycles. The zero-order chi connectivity index (χ0) is 16.2. The molecule has 2 nitrogen and oxygen atoms in total. The van der Waals surface area contributed by atoms with E-state index in [0.29, 0.717) is 17.3 Å². The van der Waals surface area contributed by atoms with E-state index in [1.807, 2.05) is 0 Å². The van der Waals surface area contributed by atoms with Gasteiger partial charge >= 0.3 is 0 Å². The van der Waals surface area contributed by atoms with Crippen molar-refractivity contribution in [3.8, 4) is 0 Å². The van der Waals surface area contributed by atoms with Gasteiger partial charge in [0.2, 0.25) is 0 Å². The summed E-state index contributed by atoms with van der Waals surface area (Å²) in [4.78, 5) is 0. The lowest BCUT2D eigenvalue weighted by Gasteiger charge is -2.59. The molecule has 3 aliphatic rings. The molecule has 0 amide bonds. The van der Waals surface area contributed by atoms with E-state index < -0.39 is 5.60 Å². The highest BCUT2D eigenvalue weighted by Gasteiger charge is 2.62. The zero-order valence-electron chi connectivity index (χ0n) is 14.9. The van der Waals surface area contributed by atoms with Gasteiger partial charge in [-0.1, -0.05) is 25.5 Å². The summed E-state index contributed by atoms with van der Waals surface area (Å²) in [6.45, 7) is 8.98. The average molecular weight is 306 g/mol. The zero-order valence-corrected chi connectivity index (χ0v) is 14.9. The van der Waals surface area contributed by atoms with E-state index in [9.17, 15) is 10.2 Å². The first kappa shape index (κ1) is 16.5. The first-order chi connectivity index (χ1) is 10.2. The van der Waals surface area contributed by atoms with Crippen molar-refractivity contribution in [3.63, 3.8) is 0 Å². The summed E-state index contributed by atoms with van der Waals surface area (Å²) in [6, 6.07) is 0. The maximum atomic E-state index is 11.3. The molecule has 6 atom stereocenters. The minimum atomic E-state index is -0.509. The van der Waals surface area contributed by atoms with E-state index in [0.717, 1.165) is 25.7 Å². The molecule has 3 aliphatic carbocycles. The van der Waals surface area contributed by atoms with E-state index in [-0.39, 0.29) is 11.5 Å². The second-order valence-corrected chi connectivity index (χ2v) is 9.42. The standard InChI is InChI=1S/C20H34O2/c1-14(2)6-5-9-18(3)12-16-15(18)7-10-19(4)13-20(16,22)11-8-17(19)21/h6,15-17,21-22H,5,7-13H2,1-4H3/t15?,16?,17-,18-,19+,20-/m1/s1. The normalized spacial score (nSPS) is 50.5. The summed E-state index contributed by atoms with van der Waals surface area (Å²) in [7, 11) is 0. The predicted molar refractivity (Wildman–Crippen MR) is 90.5 cm³/mol. The average Bonchev–Trinajstić information content (AvgIpc) is 2.48. The van der Waals surface area contributed by atoms with Crippen molar-refractivity contribution in [2.45, 2.75) is 90.8 Å². The lowest BCUT2D eigenvalue weighted by Crippen LogP contribution is -2.58. The second-order valence-electron chi connectivity index (χ2n) is 9.42. The van der Waals surface area contributed by atoms with Crippen LogP contribution in [0.25, 0.3) is 0 Å². The Morgan fingerprint density at radius 2 is 1.86 bits per heavy atom. The molecule has 0 aromatic heterocycles. The first-order valence-electron chi connectivity index (χ1n) is 9.22. The first-order valence-corrected chi connectivity index (χ1v) is 9.22. The molecule has 0 radical (unpaired) electrons. The second kappa shape index (κ2) is 5.34. The van der Waals surface area contributed by atoms with Gasteiger partial charge in [-0.05, 0) is 87.9 Å². The summed E-state index contributed by atoms with van der Waals surface area (Å²) in [6.07, 6.45) is 10.4. The van der Waals surface area contributed by atoms with Crippen molar-refractivity contribution in [1.82, 2.24) is 0 Å². The summed E-state index contributed by atoms with van der Waals surface area (Å²) in [5, 5.41) is 21.7. The molecule has 22 heavy (non-hydrogen) atoms. The van der Waals surface area contributed by atoms with Gasteiger partial charge in [-0.25, -0.2) is 0 Å². The maximum Gasteiger partial charge on any atom is 0.0686 e. The van der Waals surface area contributed by atoms with Gasteiger partial charge in [0.15, 0.2) is 0 Å². The lowest BCUT2D eigenvalue weighted by molar-refractivity contribution is -0.182. The Morgan fingerprint density at radius 1 is 1.14 bits per heavy atom. The fraction of sp³-hybridized carbons (Fsp3) is 0.900. The molecule has 0 aliphatic heterocycles. The SMILES string of the molecule is CC(C)=CCC[C@]1(C)CC2C1CC[C@@]1(C)C[C@]2(O)CC[C@H]1O. The van der Waals surface area contributed by atoms with Crippen molar-refractivity contribution in [2.24, 2.45) is 22.7 Å². The minimum absolute atomic E-state index is 0.0643. The fourth-order valence-electron chi connectivity index (χ4n) is 5.91. The molecule has 2 bridgehead atoms. The molecular formula is C20H34O2. The van der Waals surface area contributed by atoms with Gasteiger partial charge in [0.25, 0.3) is 0 Å². The molecule has 2 heteroatoms. The predicted octanol–water partition coefficient (Wildman–Crippen LogP) is 4.45. The lowest BCUT2D eigenvalue weighted by atomic mass is 9.47. The van der Waals surface area contributed by atoms with Gasteiger partial charge in [-0.3, -0.25) is 0 Å². The van der Waals surface area contributed by atoms with Crippen molar-refractivity contribution >= 4 is 0 Å². The molecule has 3 rings (SSSR count). The maximum absolute atomic E-state index is 11.3. The Kier molecular flexibility index (Phi) is 4.01. The Balaban J connectivity index is 1.76. The van der Waals surface area contributed by atoms with Crippen LogP contribution in [0.4, 0.5) is 0 Å². The molecular weight excluding hydrogens is 272 g/mol. The van der Waals surface area contributed by atoms with E-state index in [4.69, 9.17) is 0 Å². The van der Waals surface area contributed by atoms with E-state index in [2.05, 4.69) is 33.8 Å². The monoisotopic (exact) mass is 306 g/mol. The molecule has 2 N–H and O–H groups in total. The van der Waals surface area contributed by atoms with Gasteiger partial charge in [-0.2, -0.15) is 0 Å². The number of rotatable bonds is 3. The third kappa shape index (κ3) is 2.57. The van der Waals surface area contributed by atoms with Gasteiger partial charge in [0, 0.05) is 0 Å². The summed E-state index contributed by atoms with van der Waals surface area (Å²) in [5.41, 5.74) is 1.23. The summed E-state index contributed by atoms with van der Waals surface area (Å²) in [5.74, 6) is 1.12. The Bertz CT molecular complexity index is 466. The van der Waals surface area contributed by atoms with E-state index >= 15 is 0 Å². The third-order valence-electron chi connectivity index (χ3n) is 7.42. The molecule has 3 saturated carbocycles. The van der Waals surface area contributed by atoms with Crippen LogP contribution in [0.5, 0.6) is 0 Å². The number of aliphatic hydroxyl groups excluding tert-OH is 1. The summed E-state index contributed by atoms with van der Waals surface area (Å²) < 4.78 is 0. The number of hydrogen-bond donors (Lipinski definition) is 2. The van der Waals surface area contributed by atoms with Crippen LogP contribution in [0.1, 0.15) is 79.1 Å². The minimum Gasteiger partial charge on any atom is -0.393 e. The van der Waals surface area contributed by atoms with Gasteiger partial charge in [0.1, 0.15) is 0 Å². The van der Waals surface area contributed by atoms with Crippen LogP contribution in [0.2, 0.25) is 0 Å². The van der Waals surface area contributed by atoms with Crippen molar-refractivity contribution < 1.29 is 10.2 Å². The van der Waals surface area contributed by atoms with Crippen LogP contribution in [0, 0.1) is 22.7 Å². The summed E-state index contributed by atoms with van der Waals surface area (Å²) >= 11 is 0. The Labute approximate surface area is 136 Å². The molecule has 0 heterocycles. The van der Waals surface area contributed by atoms with Gasteiger partial charge in [0.05, 0.1) is 11.7 Å². The smallest absolute Gasteiger partial charge is 0.0686 e. The van der Waals surface area contributed by atoms with Crippen LogP contribution in [0.15, 0.2) is 11.6 Å². The number of hydrogen-bond acceptors (Lipinski definition) is 2. The molecule has 3 fully saturated rings. The van der Waals surface area contributed by atoms with Crippen molar-refractivity contribution in [2.75, 3.05) is 0 Å². The molecule has 0 saturated heterocycles. The fourth-order valence-corrected chi connectivity index (χ4v) is 5.91. The third-order valence-corrected chi connectivity index (χ3v) is 7.42. The van der Waals surface area contributed by atoms with Crippen LogP contribution >= 0.6 is 0 Å². The molecule has 2 unspecified atom stereocenters. The van der Waals surface area contributed by atoms with Crippen molar-refractivity contribution in [3.05, 3.63) is 11.6 Å². The number of allylic oxidation sites excluding steroid dienone is 2. The molecule has 0 spiro atoms. The van der Waals surface area contributed by atoms with E-state index in [1.54, 1.807) is 0 Å². The highest BCUT2D eigenvalue weighted by Crippen LogP contribution is 2.66. The van der Waals surface area contributed by atoms with Gasteiger partial charge in [-0.15, -0.1) is 0 Å². The number of fused-ring (bicyclic) bond motifs is 4. The van der Waals surface area contributed by atoms with Crippen LogP contribution in [0.3, 0.4) is 0 Å². The van der Waals surface area contributed by atoms with Gasteiger partial charge < -0.3 is 10.2 Å². The highest BCUT2D eigenvalue weighted by molar-refractivity contribution is 5.13. The van der Waals surface area contributed by atoms with Crippen LogP contribution in [-0.4, -0.2) is 21.9 Å². The van der Waals surface area contributed by atoms with Crippen LogP contribution in [-0.2, 0) is 0 Å². The number of aliphatic hydroxyl groups is 2. The van der Waals surface area contributed by atoms with Crippen molar-refractivity contribution in [1.29, 1.82) is 0 Å². The van der Waals surface area contributed by atoms with Crippen LogP contribution < -0.4 is 0 Å². The van der Waals surface area contributed by atoms with E-state index in [1.165, 1.54) is 31.3 Å². The molecule has 0 aromatic rings. The largest absolute Gasteiger partial charge is 0.393 e. The Hall–Kier alpha value is -0.340. The quantitative estimate of drug-likeness (QED) is 0.756. The Morgan fingerprint density at radius 3 is 2.55 bits per heavy atom. The molecule has 126 valence electrons. The highest BCUT2D eigenvalue weighted by atomic mass is 16.3. The topological polar surface area (TPSA) is 40.5 Å².